The molecule has 158 valence electrons. The van der Waals surface area contributed by atoms with E-state index in [9.17, 15) is 13.2 Å². The summed E-state index contributed by atoms with van der Waals surface area (Å²) in [4.78, 5) is 14.8. The van der Waals surface area contributed by atoms with Crippen LogP contribution in [0.15, 0.2) is 71.6 Å². The SMILES string of the molecule is C[C@@H](NC(=O)CN(C)[C@@H](C)c1ccc(S(C)(=O)=O)cc1)c1ccc2ccccc2c1. The molecular weight excluding hydrogens is 396 g/mol. The van der Waals surface area contributed by atoms with E-state index >= 15 is 0 Å². The fourth-order valence-electron chi connectivity index (χ4n) is 3.46. The summed E-state index contributed by atoms with van der Waals surface area (Å²) in [7, 11) is -1.33. The third kappa shape index (κ3) is 5.26. The molecule has 0 bridgehead atoms. The van der Waals surface area contributed by atoms with Crippen LogP contribution < -0.4 is 5.32 Å². The minimum Gasteiger partial charge on any atom is -0.348 e. The second-order valence-electron chi connectivity index (χ2n) is 7.83. The van der Waals surface area contributed by atoms with Crippen LogP contribution in [0.3, 0.4) is 0 Å². The van der Waals surface area contributed by atoms with Crippen LogP contribution in [0, 0.1) is 0 Å². The Labute approximate surface area is 178 Å². The van der Waals surface area contributed by atoms with Gasteiger partial charge in [0.05, 0.1) is 17.5 Å². The van der Waals surface area contributed by atoms with Crippen molar-refractivity contribution in [1.29, 1.82) is 0 Å². The maximum absolute atomic E-state index is 12.6. The van der Waals surface area contributed by atoms with Crippen LogP contribution >= 0.6 is 0 Å². The lowest BCUT2D eigenvalue weighted by atomic mass is 10.0. The van der Waals surface area contributed by atoms with Gasteiger partial charge in [0.2, 0.25) is 5.91 Å². The van der Waals surface area contributed by atoms with Crippen LogP contribution in [0.2, 0.25) is 0 Å². The van der Waals surface area contributed by atoms with Gasteiger partial charge in [0.25, 0.3) is 0 Å². The van der Waals surface area contributed by atoms with Crippen molar-refractivity contribution in [2.45, 2.75) is 30.8 Å². The van der Waals surface area contributed by atoms with Crippen molar-refractivity contribution in [2.24, 2.45) is 0 Å². The van der Waals surface area contributed by atoms with Gasteiger partial charge in [0.1, 0.15) is 0 Å². The van der Waals surface area contributed by atoms with Crippen LogP contribution in [-0.2, 0) is 14.6 Å². The van der Waals surface area contributed by atoms with Gasteiger partial charge in [-0.3, -0.25) is 9.69 Å². The first-order valence-corrected chi connectivity index (χ1v) is 11.8. The fourth-order valence-corrected chi connectivity index (χ4v) is 4.09. The summed E-state index contributed by atoms with van der Waals surface area (Å²) in [5.41, 5.74) is 2.02. The van der Waals surface area contributed by atoms with Gasteiger partial charge in [-0.05, 0) is 61.0 Å². The minimum absolute atomic E-state index is 0.0275. The van der Waals surface area contributed by atoms with E-state index in [4.69, 9.17) is 0 Å². The highest BCUT2D eigenvalue weighted by Gasteiger charge is 2.17. The highest BCUT2D eigenvalue weighted by atomic mass is 32.2. The van der Waals surface area contributed by atoms with E-state index < -0.39 is 9.84 Å². The van der Waals surface area contributed by atoms with Crippen molar-refractivity contribution < 1.29 is 13.2 Å². The lowest BCUT2D eigenvalue weighted by Gasteiger charge is -2.25. The van der Waals surface area contributed by atoms with Gasteiger partial charge >= 0.3 is 0 Å². The van der Waals surface area contributed by atoms with Gasteiger partial charge < -0.3 is 5.32 Å². The van der Waals surface area contributed by atoms with Crippen molar-refractivity contribution in [3.05, 3.63) is 77.9 Å². The Kier molecular flexibility index (Phi) is 6.58. The Morgan fingerprint density at radius 2 is 1.53 bits per heavy atom. The van der Waals surface area contributed by atoms with Crippen molar-refractivity contribution >= 4 is 26.5 Å². The van der Waals surface area contributed by atoms with Gasteiger partial charge in [-0.15, -0.1) is 0 Å². The Hall–Kier alpha value is -2.70. The number of rotatable bonds is 7. The molecule has 0 fully saturated rings. The topological polar surface area (TPSA) is 66.5 Å². The van der Waals surface area contributed by atoms with Crippen molar-refractivity contribution in [2.75, 3.05) is 19.8 Å². The predicted molar refractivity (Wildman–Crippen MR) is 121 cm³/mol. The van der Waals surface area contributed by atoms with Gasteiger partial charge in [-0.1, -0.05) is 48.5 Å². The maximum atomic E-state index is 12.6. The molecule has 30 heavy (non-hydrogen) atoms. The Morgan fingerprint density at radius 3 is 2.17 bits per heavy atom. The summed E-state index contributed by atoms with van der Waals surface area (Å²) in [5, 5.41) is 5.40. The van der Waals surface area contributed by atoms with Gasteiger partial charge in [-0.2, -0.15) is 0 Å². The molecule has 2 atom stereocenters. The largest absolute Gasteiger partial charge is 0.348 e. The molecule has 5 nitrogen and oxygen atoms in total. The lowest BCUT2D eigenvalue weighted by molar-refractivity contribution is -0.123. The van der Waals surface area contributed by atoms with E-state index in [1.807, 2.05) is 44.0 Å². The fraction of sp³-hybridized carbons (Fsp3) is 0.292. The number of fused-ring (bicyclic) bond motifs is 1. The smallest absolute Gasteiger partial charge is 0.234 e. The summed E-state index contributed by atoms with van der Waals surface area (Å²) in [6.07, 6.45) is 1.19. The number of benzene rings is 3. The van der Waals surface area contributed by atoms with Gasteiger partial charge in [0, 0.05) is 12.3 Å². The minimum atomic E-state index is -3.22. The number of nitrogens with one attached hydrogen (secondary N) is 1. The zero-order chi connectivity index (χ0) is 21.9. The lowest BCUT2D eigenvalue weighted by Crippen LogP contribution is -2.37. The summed E-state index contributed by atoms with van der Waals surface area (Å²) in [5.74, 6) is -0.0576. The summed E-state index contributed by atoms with van der Waals surface area (Å²) in [6.45, 7) is 4.22. The second kappa shape index (κ2) is 8.98. The molecule has 0 aliphatic carbocycles. The zero-order valence-electron chi connectivity index (χ0n) is 17.8. The molecular formula is C24H28N2O3S. The van der Waals surface area contributed by atoms with Crippen LogP contribution in [0.1, 0.15) is 37.1 Å². The van der Waals surface area contributed by atoms with E-state index in [2.05, 4.69) is 29.6 Å². The van der Waals surface area contributed by atoms with Crippen LogP contribution in [-0.4, -0.2) is 39.1 Å². The number of amides is 1. The molecule has 3 rings (SSSR count). The van der Waals surface area contributed by atoms with E-state index in [1.54, 1.807) is 24.3 Å². The van der Waals surface area contributed by atoms with E-state index in [1.165, 1.54) is 11.6 Å². The van der Waals surface area contributed by atoms with Gasteiger partial charge in [0.15, 0.2) is 9.84 Å². The molecule has 0 aliphatic rings. The average Bonchev–Trinajstić information content (AvgIpc) is 2.72. The molecule has 0 saturated carbocycles. The molecule has 0 heterocycles. The predicted octanol–water partition coefficient (Wildman–Crippen LogP) is 4.11. The van der Waals surface area contributed by atoms with Crippen molar-refractivity contribution in [3.8, 4) is 0 Å². The maximum Gasteiger partial charge on any atom is 0.234 e. The van der Waals surface area contributed by atoms with Crippen LogP contribution in [0.25, 0.3) is 10.8 Å². The normalized spacial score (nSPS) is 13.9. The van der Waals surface area contributed by atoms with E-state index in [-0.39, 0.29) is 24.5 Å². The molecule has 6 heteroatoms. The third-order valence-corrected chi connectivity index (χ3v) is 6.62. The van der Waals surface area contributed by atoms with Gasteiger partial charge in [-0.25, -0.2) is 8.42 Å². The van der Waals surface area contributed by atoms with E-state index in [0.717, 1.165) is 16.5 Å². The van der Waals surface area contributed by atoms with E-state index in [0.29, 0.717) is 4.90 Å². The number of carbonyl (C=O) groups is 1. The number of hydrogen-bond donors (Lipinski definition) is 1. The van der Waals surface area contributed by atoms with Crippen molar-refractivity contribution in [1.82, 2.24) is 10.2 Å². The van der Waals surface area contributed by atoms with Crippen LogP contribution in [0.5, 0.6) is 0 Å². The quantitative estimate of drug-likeness (QED) is 0.620. The summed E-state index contributed by atoms with van der Waals surface area (Å²) < 4.78 is 23.2. The standard InChI is InChI=1S/C24H28N2O3S/c1-17(21-10-9-20-7-5-6-8-22(20)15-21)25-24(27)16-26(3)18(2)19-11-13-23(14-12-19)30(4,28)29/h5-15,17-18H,16H2,1-4H3,(H,25,27)/t17-,18+/m1/s1. The Balaban J connectivity index is 1.61. The molecule has 3 aromatic rings. The van der Waals surface area contributed by atoms with Crippen molar-refractivity contribution in [3.63, 3.8) is 0 Å². The number of hydrogen-bond acceptors (Lipinski definition) is 4. The molecule has 0 aromatic heterocycles. The Morgan fingerprint density at radius 1 is 0.933 bits per heavy atom. The molecule has 0 saturated heterocycles. The molecule has 1 N–H and O–H groups in total. The highest BCUT2D eigenvalue weighted by molar-refractivity contribution is 7.90. The molecule has 0 spiro atoms. The zero-order valence-corrected chi connectivity index (χ0v) is 18.6. The third-order valence-electron chi connectivity index (χ3n) is 5.50. The second-order valence-corrected chi connectivity index (χ2v) is 9.84. The number of sulfone groups is 1. The molecule has 0 radical (unpaired) electrons. The summed E-state index contributed by atoms with van der Waals surface area (Å²) in [6, 6.07) is 21.1. The molecule has 1 amide bonds. The first-order valence-electron chi connectivity index (χ1n) is 9.93. The number of carbonyl (C=O) groups excluding carboxylic acids is 1. The number of nitrogens with zero attached hydrogens (tertiary/aromatic N) is 1. The Bertz CT molecular complexity index is 1140. The monoisotopic (exact) mass is 424 g/mol. The molecule has 0 unspecified atom stereocenters. The first-order chi connectivity index (χ1) is 14.1. The summed E-state index contributed by atoms with van der Waals surface area (Å²) >= 11 is 0. The van der Waals surface area contributed by atoms with Crippen LogP contribution in [0.4, 0.5) is 0 Å². The first kappa shape index (κ1) is 22.0. The molecule has 3 aromatic carbocycles. The highest BCUT2D eigenvalue weighted by Crippen LogP contribution is 2.22. The number of likely N-dealkylation sites (N-methyl/N-ethyl adjacent to an activating group) is 1. The molecule has 0 aliphatic heterocycles. The average molecular weight is 425 g/mol.